The minimum Gasteiger partial charge on any atom is -0.478 e. The second kappa shape index (κ2) is 7.27. The Kier molecular flexibility index (Phi) is 4.80. The average molecular weight is 415 g/mol. The molecule has 4 rings (SSSR count). The molecule has 0 aliphatic carbocycles. The van der Waals surface area contributed by atoms with Gasteiger partial charge in [0, 0.05) is 10.4 Å². The van der Waals surface area contributed by atoms with Crippen LogP contribution in [-0.4, -0.2) is 21.2 Å². The third-order valence-electron chi connectivity index (χ3n) is 4.27. The molecule has 0 aliphatic heterocycles. The first kappa shape index (κ1) is 18.5. The summed E-state index contributed by atoms with van der Waals surface area (Å²) in [5, 5.41) is 25.2. The van der Waals surface area contributed by atoms with E-state index in [0.29, 0.717) is 21.0 Å². The van der Waals surface area contributed by atoms with Crippen molar-refractivity contribution in [2.75, 3.05) is 5.32 Å². The first-order valence-electron chi connectivity index (χ1n) is 8.35. The number of aryl methyl sites for hydroxylation is 1. The highest BCUT2D eigenvalue weighted by atomic mass is 35.5. The number of hydrogen-bond acceptors (Lipinski definition) is 6. The minimum absolute atomic E-state index is 0.0682. The quantitative estimate of drug-likeness (QED) is 0.382. The van der Waals surface area contributed by atoms with Gasteiger partial charge in [-0.2, -0.15) is 0 Å². The summed E-state index contributed by atoms with van der Waals surface area (Å²) in [7, 11) is 0. The van der Waals surface area contributed by atoms with E-state index in [1.54, 1.807) is 35.7 Å². The summed E-state index contributed by atoms with van der Waals surface area (Å²) in [5.41, 5.74) is 3.22. The minimum atomic E-state index is -1.29. The average Bonchev–Trinajstić information content (AvgIpc) is 3.27. The van der Waals surface area contributed by atoms with Gasteiger partial charge in [-0.05, 0) is 36.2 Å². The third-order valence-corrected chi connectivity index (χ3v) is 5.56. The van der Waals surface area contributed by atoms with E-state index in [-0.39, 0.29) is 17.1 Å². The third kappa shape index (κ3) is 3.35. The number of carboxylic acids is 1. The monoisotopic (exact) mass is 414 g/mol. The molecule has 0 spiro atoms. The smallest absolute Gasteiger partial charge is 0.339 e. The van der Waals surface area contributed by atoms with Crippen molar-refractivity contribution in [1.29, 1.82) is 0 Å². The van der Waals surface area contributed by atoms with Crippen molar-refractivity contribution in [3.8, 4) is 10.4 Å². The number of thiophene rings is 1. The SMILES string of the molecule is Cc1cccc2oc(C(O)Nc3csc(-c4ccc(Cl)cc4)c3C(=O)O)nc12. The molecular formula is C20H15ClN2O4S. The number of nitrogens with zero attached hydrogens (tertiary/aromatic N) is 1. The number of aromatic carboxylic acids is 1. The lowest BCUT2D eigenvalue weighted by Crippen LogP contribution is -2.12. The van der Waals surface area contributed by atoms with Crippen LogP contribution < -0.4 is 5.32 Å². The van der Waals surface area contributed by atoms with Crippen LogP contribution in [0, 0.1) is 6.92 Å². The van der Waals surface area contributed by atoms with Gasteiger partial charge in [-0.25, -0.2) is 9.78 Å². The van der Waals surface area contributed by atoms with Crippen molar-refractivity contribution >= 4 is 45.7 Å². The number of carboxylic acid groups (broad SMARTS) is 1. The van der Waals surface area contributed by atoms with Crippen LogP contribution >= 0.6 is 22.9 Å². The number of fused-ring (bicyclic) bond motifs is 1. The Morgan fingerprint density at radius 3 is 2.68 bits per heavy atom. The van der Waals surface area contributed by atoms with Crippen LogP contribution in [0.25, 0.3) is 21.5 Å². The Labute approximate surface area is 169 Å². The number of aromatic nitrogens is 1. The Bertz CT molecular complexity index is 1170. The van der Waals surface area contributed by atoms with Gasteiger partial charge in [-0.1, -0.05) is 35.9 Å². The lowest BCUT2D eigenvalue weighted by Gasteiger charge is -2.11. The fourth-order valence-corrected chi connectivity index (χ4v) is 4.05. The molecule has 6 nitrogen and oxygen atoms in total. The number of carbonyl (C=O) groups is 1. The van der Waals surface area contributed by atoms with Crippen molar-refractivity contribution in [3.63, 3.8) is 0 Å². The zero-order chi connectivity index (χ0) is 19.8. The molecule has 0 bridgehead atoms. The lowest BCUT2D eigenvalue weighted by atomic mass is 10.1. The van der Waals surface area contributed by atoms with Crippen molar-refractivity contribution in [3.05, 3.63) is 69.9 Å². The van der Waals surface area contributed by atoms with Crippen LogP contribution in [0.15, 0.2) is 52.3 Å². The van der Waals surface area contributed by atoms with Gasteiger partial charge in [-0.15, -0.1) is 11.3 Å². The predicted molar refractivity (Wildman–Crippen MR) is 109 cm³/mol. The standard InChI is InChI=1S/C20H15ClN2O4S/c1-10-3-2-4-14-16(10)23-19(27-14)18(24)22-13-9-28-17(15(13)20(25)26)11-5-7-12(21)8-6-11/h2-9,18,22,24H,1H3,(H,25,26). The summed E-state index contributed by atoms with van der Waals surface area (Å²) in [4.78, 5) is 16.7. The van der Waals surface area contributed by atoms with Crippen molar-refractivity contribution in [2.45, 2.75) is 13.2 Å². The van der Waals surface area contributed by atoms with E-state index in [1.807, 2.05) is 19.1 Å². The van der Waals surface area contributed by atoms with E-state index in [4.69, 9.17) is 16.0 Å². The molecule has 0 radical (unpaired) electrons. The molecule has 3 N–H and O–H groups in total. The Hall–Kier alpha value is -2.87. The molecule has 0 fully saturated rings. The zero-order valence-corrected chi connectivity index (χ0v) is 16.2. The second-order valence-corrected chi connectivity index (χ2v) is 7.50. The Morgan fingerprint density at radius 1 is 1.25 bits per heavy atom. The topological polar surface area (TPSA) is 95.6 Å². The van der Waals surface area contributed by atoms with Crippen LogP contribution in [0.5, 0.6) is 0 Å². The van der Waals surface area contributed by atoms with Crippen LogP contribution in [0.1, 0.15) is 28.0 Å². The number of anilines is 1. The molecule has 1 atom stereocenters. The summed E-state index contributed by atoms with van der Waals surface area (Å²) >= 11 is 7.17. The van der Waals surface area contributed by atoms with E-state index < -0.39 is 12.2 Å². The molecule has 28 heavy (non-hydrogen) atoms. The van der Waals surface area contributed by atoms with Crippen molar-refractivity contribution in [2.24, 2.45) is 0 Å². The second-order valence-electron chi connectivity index (χ2n) is 6.19. The predicted octanol–water partition coefficient (Wildman–Crippen LogP) is 5.32. The molecule has 0 aliphatic rings. The molecular weight excluding hydrogens is 400 g/mol. The maximum atomic E-state index is 11.9. The summed E-state index contributed by atoms with van der Waals surface area (Å²) < 4.78 is 5.61. The number of rotatable bonds is 5. The fraction of sp³-hybridized carbons (Fsp3) is 0.100. The van der Waals surface area contributed by atoms with Crippen LogP contribution in [0.2, 0.25) is 5.02 Å². The van der Waals surface area contributed by atoms with Crippen LogP contribution in [-0.2, 0) is 0 Å². The highest BCUT2D eigenvalue weighted by molar-refractivity contribution is 7.14. The van der Waals surface area contributed by atoms with Gasteiger partial charge in [0.25, 0.3) is 0 Å². The van der Waals surface area contributed by atoms with Gasteiger partial charge in [0.05, 0.1) is 10.6 Å². The molecule has 142 valence electrons. The van der Waals surface area contributed by atoms with Gasteiger partial charge >= 0.3 is 5.97 Å². The highest BCUT2D eigenvalue weighted by Crippen LogP contribution is 2.37. The number of nitrogens with one attached hydrogen (secondary N) is 1. The molecule has 0 saturated carbocycles. The van der Waals surface area contributed by atoms with E-state index in [0.717, 1.165) is 11.1 Å². The number of benzene rings is 2. The van der Waals surface area contributed by atoms with E-state index in [9.17, 15) is 15.0 Å². The summed E-state index contributed by atoms with van der Waals surface area (Å²) in [6.45, 7) is 1.90. The number of aliphatic hydroxyl groups excluding tert-OH is 1. The molecule has 1 unspecified atom stereocenters. The number of hydrogen-bond donors (Lipinski definition) is 3. The zero-order valence-electron chi connectivity index (χ0n) is 14.6. The van der Waals surface area contributed by atoms with E-state index in [1.165, 1.54) is 11.3 Å². The normalized spacial score (nSPS) is 12.2. The molecule has 4 aromatic rings. The summed E-state index contributed by atoms with van der Waals surface area (Å²) in [6, 6.07) is 12.4. The number of para-hydroxylation sites is 1. The molecule has 8 heteroatoms. The van der Waals surface area contributed by atoms with Crippen LogP contribution in [0.3, 0.4) is 0 Å². The molecule has 2 aromatic carbocycles. The van der Waals surface area contributed by atoms with E-state index in [2.05, 4.69) is 10.3 Å². The first-order chi connectivity index (χ1) is 13.4. The van der Waals surface area contributed by atoms with Crippen LogP contribution in [0.4, 0.5) is 5.69 Å². The van der Waals surface area contributed by atoms with E-state index >= 15 is 0 Å². The highest BCUT2D eigenvalue weighted by Gasteiger charge is 2.23. The van der Waals surface area contributed by atoms with Gasteiger partial charge in [0.1, 0.15) is 11.1 Å². The summed E-state index contributed by atoms with van der Waals surface area (Å²) in [5.74, 6) is -1.03. The first-order valence-corrected chi connectivity index (χ1v) is 9.61. The van der Waals surface area contributed by atoms with Gasteiger partial charge in [0.15, 0.2) is 5.58 Å². The number of oxazole rings is 1. The van der Waals surface area contributed by atoms with Crippen molar-refractivity contribution < 1.29 is 19.4 Å². The molecule has 2 aromatic heterocycles. The Balaban J connectivity index is 1.68. The maximum Gasteiger partial charge on any atom is 0.339 e. The molecule has 0 amide bonds. The molecule has 2 heterocycles. The summed E-state index contributed by atoms with van der Waals surface area (Å²) in [6.07, 6.45) is -1.29. The van der Waals surface area contributed by atoms with Gasteiger partial charge in [0.2, 0.25) is 12.1 Å². The fourth-order valence-electron chi connectivity index (χ4n) is 2.92. The van der Waals surface area contributed by atoms with Gasteiger partial charge in [-0.3, -0.25) is 0 Å². The maximum absolute atomic E-state index is 11.9. The number of aliphatic hydroxyl groups is 1. The van der Waals surface area contributed by atoms with Gasteiger partial charge < -0.3 is 19.9 Å². The molecule has 0 saturated heterocycles. The van der Waals surface area contributed by atoms with Crippen molar-refractivity contribution in [1.82, 2.24) is 4.98 Å². The Morgan fingerprint density at radius 2 is 2.00 bits per heavy atom. The lowest BCUT2D eigenvalue weighted by molar-refractivity contribution is 0.0699. The largest absolute Gasteiger partial charge is 0.478 e. The number of halogens is 1.